The Kier molecular flexibility index (Phi) is 5.28. The van der Waals surface area contributed by atoms with Gasteiger partial charge in [0.15, 0.2) is 0 Å². The van der Waals surface area contributed by atoms with Crippen LogP contribution >= 0.6 is 11.3 Å². The summed E-state index contributed by atoms with van der Waals surface area (Å²) in [4.78, 5) is 16.3. The van der Waals surface area contributed by atoms with E-state index in [1.165, 1.54) is 4.88 Å². The summed E-state index contributed by atoms with van der Waals surface area (Å²) in [6.07, 6.45) is 0.801. The number of hydrogen-bond acceptors (Lipinski definition) is 5. The first kappa shape index (κ1) is 12.1. The van der Waals surface area contributed by atoms with Gasteiger partial charge in [-0.05, 0) is 13.8 Å². The van der Waals surface area contributed by atoms with Crippen LogP contribution in [0.15, 0.2) is 5.51 Å². The molecule has 84 valence electrons. The fraction of sp³-hybridized carbons (Fsp3) is 0.600. The summed E-state index contributed by atoms with van der Waals surface area (Å²) in [7, 11) is 0. The molecule has 1 aromatic rings. The quantitative estimate of drug-likeness (QED) is 0.549. The molecule has 0 N–H and O–H groups in total. The fourth-order valence-corrected chi connectivity index (χ4v) is 1.85. The van der Waals surface area contributed by atoms with E-state index in [-0.39, 0.29) is 12.6 Å². The van der Waals surface area contributed by atoms with E-state index in [9.17, 15) is 4.79 Å². The lowest BCUT2D eigenvalue weighted by atomic mass is 10.3. The van der Waals surface area contributed by atoms with E-state index in [0.29, 0.717) is 13.2 Å². The van der Waals surface area contributed by atoms with Crippen LogP contribution in [-0.2, 0) is 20.7 Å². The van der Waals surface area contributed by atoms with Crippen molar-refractivity contribution in [3.63, 3.8) is 0 Å². The van der Waals surface area contributed by atoms with E-state index in [0.717, 1.165) is 12.1 Å². The maximum Gasteiger partial charge on any atom is 0.332 e. The number of carbonyl (C=O) groups excluding carboxylic acids is 1. The Bertz CT molecular complexity index is 311. The van der Waals surface area contributed by atoms with Crippen molar-refractivity contribution in [2.45, 2.75) is 20.3 Å². The highest BCUT2D eigenvalue weighted by molar-refractivity contribution is 7.09. The average Bonchev–Trinajstić information content (AvgIpc) is 2.60. The van der Waals surface area contributed by atoms with Crippen LogP contribution in [0.5, 0.6) is 0 Å². The normalized spacial score (nSPS) is 10.3. The molecule has 0 fully saturated rings. The minimum absolute atomic E-state index is 0.0334. The van der Waals surface area contributed by atoms with Gasteiger partial charge >= 0.3 is 5.97 Å². The van der Waals surface area contributed by atoms with E-state index in [1.807, 2.05) is 12.4 Å². The number of thiazole rings is 1. The van der Waals surface area contributed by atoms with Gasteiger partial charge < -0.3 is 9.47 Å². The SMILES string of the molecule is CCOC(=O)COCCc1scnc1C. The van der Waals surface area contributed by atoms with Gasteiger partial charge in [-0.15, -0.1) is 11.3 Å². The van der Waals surface area contributed by atoms with E-state index in [2.05, 4.69) is 4.98 Å². The van der Waals surface area contributed by atoms with Gasteiger partial charge in [-0.25, -0.2) is 9.78 Å². The Hall–Kier alpha value is -0.940. The summed E-state index contributed by atoms with van der Waals surface area (Å²) < 4.78 is 9.91. The number of hydrogen-bond donors (Lipinski definition) is 0. The van der Waals surface area contributed by atoms with Crippen LogP contribution in [0.3, 0.4) is 0 Å². The van der Waals surface area contributed by atoms with Crippen LogP contribution in [0.2, 0.25) is 0 Å². The number of aromatic nitrogens is 1. The second kappa shape index (κ2) is 6.53. The molecule has 0 atom stereocenters. The van der Waals surface area contributed by atoms with Crippen LogP contribution in [0.4, 0.5) is 0 Å². The summed E-state index contributed by atoms with van der Waals surface area (Å²) >= 11 is 1.61. The molecule has 0 saturated heterocycles. The predicted octanol–water partition coefficient (Wildman–Crippen LogP) is 1.57. The molecule has 0 saturated carbocycles. The monoisotopic (exact) mass is 229 g/mol. The summed E-state index contributed by atoms with van der Waals surface area (Å²) in [5, 5.41) is 0. The van der Waals surface area contributed by atoms with Crippen LogP contribution in [0.1, 0.15) is 17.5 Å². The van der Waals surface area contributed by atoms with E-state index >= 15 is 0 Å². The standard InChI is InChI=1S/C10H15NO3S/c1-3-14-10(12)6-13-5-4-9-8(2)11-7-15-9/h7H,3-6H2,1-2H3. The maximum atomic E-state index is 10.9. The number of nitrogens with zero attached hydrogens (tertiary/aromatic N) is 1. The summed E-state index contributed by atoms with van der Waals surface area (Å²) in [5.74, 6) is -0.307. The molecule has 0 aliphatic rings. The third-order valence-electron chi connectivity index (χ3n) is 1.84. The molecule has 0 aliphatic carbocycles. The number of esters is 1. The average molecular weight is 229 g/mol. The first-order valence-electron chi connectivity index (χ1n) is 4.86. The lowest BCUT2D eigenvalue weighted by Gasteiger charge is -2.03. The van der Waals surface area contributed by atoms with Crippen molar-refractivity contribution in [1.82, 2.24) is 4.98 Å². The van der Waals surface area contributed by atoms with Crippen LogP contribution in [0, 0.1) is 6.92 Å². The van der Waals surface area contributed by atoms with Crippen molar-refractivity contribution >= 4 is 17.3 Å². The first-order valence-corrected chi connectivity index (χ1v) is 5.74. The van der Waals surface area contributed by atoms with E-state index < -0.39 is 0 Å². The Balaban J connectivity index is 2.12. The molecule has 0 spiro atoms. The predicted molar refractivity (Wildman–Crippen MR) is 58.0 cm³/mol. The van der Waals surface area contributed by atoms with Crippen molar-refractivity contribution in [2.24, 2.45) is 0 Å². The number of ether oxygens (including phenoxy) is 2. The van der Waals surface area contributed by atoms with Crippen molar-refractivity contribution in [3.8, 4) is 0 Å². The minimum atomic E-state index is -0.307. The first-order chi connectivity index (χ1) is 7.24. The van der Waals surface area contributed by atoms with Gasteiger partial charge in [-0.2, -0.15) is 0 Å². The van der Waals surface area contributed by atoms with Gasteiger partial charge in [-0.1, -0.05) is 0 Å². The third kappa shape index (κ3) is 4.40. The summed E-state index contributed by atoms with van der Waals surface area (Å²) in [5.41, 5.74) is 2.86. The van der Waals surface area contributed by atoms with Crippen LogP contribution in [-0.4, -0.2) is 30.8 Å². The highest BCUT2D eigenvalue weighted by Crippen LogP contribution is 2.12. The van der Waals surface area contributed by atoms with Gasteiger partial charge in [0.25, 0.3) is 0 Å². The third-order valence-corrected chi connectivity index (χ3v) is 2.84. The largest absolute Gasteiger partial charge is 0.464 e. The second-order valence-corrected chi connectivity index (χ2v) is 3.91. The molecular formula is C10H15NO3S. The zero-order valence-electron chi connectivity index (χ0n) is 8.99. The maximum absolute atomic E-state index is 10.9. The number of carbonyl (C=O) groups is 1. The number of aryl methyl sites for hydroxylation is 1. The molecule has 1 heterocycles. The van der Waals surface area contributed by atoms with Crippen LogP contribution < -0.4 is 0 Å². The van der Waals surface area contributed by atoms with Crippen molar-refractivity contribution in [1.29, 1.82) is 0 Å². The Morgan fingerprint density at radius 1 is 1.60 bits per heavy atom. The lowest BCUT2D eigenvalue weighted by Crippen LogP contribution is -2.13. The highest BCUT2D eigenvalue weighted by Gasteiger charge is 2.03. The Morgan fingerprint density at radius 3 is 3.00 bits per heavy atom. The molecule has 4 nitrogen and oxygen atoms in total. The minimum Gasteiger partial charge on any atom is -0.464 e. The fourth-order valence-electron chi connectivity index (χ4n) is 1.09. The molecule has 0 aromatic carbocycles. The van der Waals surface area contributed by atoms with Gasteiger partial charge in [0.05, 0.1) is 24.4 Å². The molecule has 1 rings (SSSR count). The van der Waals surface area contributed by atoms with Crippen molar-refractivity contribution in [3.05, 3.63) is 16.1 Å². The molecule has 0 radical (unpaired) electrons. The highest BCUT2D eigenvalue weighted by atomic mass is 32.1. The van der Waals surface area contributed by atoms with Gasteiger partial charge in [0, 0.05) is 11.3 Å². The summed E-state index contributed by atoms with van der Waals surface area (Å²) in [6.45, 7) is 4.71. The topological polar surface area (TPSA) is 48.4 Å². The van der Waals surface area contributed by atoms with Crippen molar-refractivity contribution in [2.75, 3.05) is 19.8 Å². The molecule has 0 unspecified atom stereocenters. The van der Waals surface area contributed by atoms with Crippen LogP contribution in [0.25, 0.3) is 0 Å². The zero-order valence-corrected chi connectivity index (χ0v) is 9.80. The molecule has 15 heavy (non-hydrogen) atoms. The summed E-state index contributed by atoms with van der Waals surface area (Å²) in [6, 6.07) is 0. The molecule has 5 heteroatoms. The molecule has 0 aliphatic heterocycles. The van der Waals surface area contributed by atoms with E-state index in [4.69, 9.17) is 9.47 Å². The zero-order chi connectivity index (χ0) is 11.1. The smallest absolute Gasteiger partial charge is 0.332 e. The van der Waals surface area contributed by atoms with E-state index in [1.54, 1.807) is 18.3 Å². The Morgan fingerprint density at radius 2 is 2.40 bits per heavy atom. The molecule has 0 bridgehead atoms. The van der Waals surface area contributed by atoms with Gasteiger partial charge in [0.2, 0.25) is 0 Å². The second-order valence-electron chi connectivity index (χ2n) is 2.97. The van der Waals surface area contributed by atoms with Gasteiger partial charge in [0.1, 0.15) is 6.61 Å². The number of rotatable bonds is 6. The lowest BCUT2D eigenvalue weighted by molar-refractivity contribution is -0.148. The molecular weight excluding hydrogens is 214 g/mol. The van der Waals surface area contributed by atoms with Crippen molar-refractivity contribution < 1.29 is 14.3 Å². The van der Waals surface area contributed by atoms with Gasteiger partial charge in [-0.3, -0.25) is 0 Å². The molecule has 0 amide bonds. The Labute approximate surface area is 93.2 Å². The molecule has 1 aromatic heterocycles.